The molecule has 1 atom stereocenters. The summed E-state index contributed by atoms with van der Waals surface area (Å²) in [5.74, 6) is 0.671. The molecule has 0 spiro atoms. The zero-order valence-corrected chi connectivity index (χ0v) is 11.2. The normalized spacial score (nSPS) is 22.2. The molecular weight excluding hydrogens is 260 g/mol. The molecule has 1 aromatic rings. The first-order chi connectivity index (χ1) is 9.63. The van der Waals surface area contributed by atoms with E-state index in [1.165, 1.54) is 0 Å². The van der Waals surface area contributed by atoms with Crippen molar-refractivity contribution in [2.24, 2.45) is 5.92 Å². The molecule has 0 radical (unpaired) electrons. The number of amides is 1. The smallest absolute Gasteiger partial charge is 0.303 e. The number of rotatable bonds is 5. The third kappa shape index (κ3) is 2.84. The van der Waals surface area contributed by atoms with E-state index in [4.69, 9.17) is 9.63 Å². The molecule has 2 aliphatic rings. The summed E-state index contributed by atoms with van der Waals surface area (Å²) in [6, 6.07) is 1.75. The quantitative estimate of drug-likeness (QED) is 0.889. The van der Waals surface area contributed by atoms with Crippen molar-refractivity contribution < 1.29 is 19.2 Å². The molecule has 0 bridgehead atoms. The number of carboxylic acids is 1. The van der Waals surface area contributed by atoms with E-state index in [-0.39, 0.29) is 18.2 Å². The molecule has 108 valence electrons. The zero-order valence-electron chi connectivity index (χ0n) is 11.2. The van der Waals surface area contributed by atoms with E-state index in [9.17, 15) is 9.59 Å². The fourth-order valence-electron chi connectivity index (χ4n) is 2.69. The minimum Gasteiger partial charge on any atom is -0.481 e. The number of nitrogens with zero attached hydrogens (tertiary/aromatic N) is 2. The highest BCUT2D eigenvalue weighted by Gasteiger charge is 2.32. The van der Waals surface area contributed by atoms with Gasteiger partial charge < -0.3 is 14.5 Å². The number of likely N-dealkylation sites (tertiary alicyclic amines) is 1. The first-order valence-electron chi connectivity index (χ1n) is 7.11. The van der Waals surface area contributed by atoms with Gasteiger partial charge in [-0.1, -0.05) is 5.16 Å². The van der Waals surface area contributed by atoms with E-state index in [1.54, 1.807) is 11.0 Å². The van der Waals surface area contributed by atoms with Gasteiger partial charge in [-0.3, -0.25) is 9.59 Å². The molecule has 1 saturated heterocycles. The highest BCUT2D eigenvalue weighted by molar-refractivity contribution is 5.92. The van der Waals surface area contributed by atoms with E-state index < -0.39 is 5.97 Å². The Morgan fingerprint density at radius 3 is 2.90 bits per heavy atom. The van der Waals surface area contributed by atoms with Crippen molar-refractivity contribution in [1.82, 2.24) is 10.1 Å². The molecular formula is C14H18N2O4. The Labute approximate surface area is 116 Å². The van der Waals surface area contributed by atoms with Crippen LogP contribution in [0, 0.1) is 5.92 Å². The summed E-state index contributed by atoms with van der Waals surface area (Å²) in [5.41, 5.74) is 0.380. The molecule has 0 aromatic carbocycles. The van der Waals surface area contributed by atoms with Crippen LogP contribution in [0.15, 0.2) is 10.6 Å². The largest absolute Gasteiger partial charge is 0.481 e. The standard InChI is InChI=1S/C14H18N2O4/c17-13(18)4-1-9-5-6-16(8-9)14(19)11-7-12(20-15-11)10-2-3-10/h7,9-10H,1-6,8H2,(H,17,18). The minimum absolute atomic E-state index is 0.0986. The predicted octanol–water partition coefficient (Wildman–Crippen LogP) is 1.88. The number of carbonyl (C=O) groups is 2. The molecule has 1 N–H and O–H groups in total. The fraction of sp³-hybridized carbons (Fsp3) is 0.643. The van der Waals surface area contributed by atoms with Crippen molar-refractivity contribution in [3.05, 3.63) is 17.5 Å². The molecule has 1 saturated carbocycles. The molecule has 1 amide bonds. The molecule has 1 aliphatic heterocycles. The summed E-state index contributed by atoms with van der Waals surface area (Å²) < 4.78 is 5.20. The Morgan fingerprint density at radius 1 is 1.40 bits per heavy atom. The van der Waals surface area contributed by atoms with Crippen molar-refractivity contribution in [1.29, 1.82) is 0 Å². The Kier molecular flexibility index (Phi) is 3.46. The topological polar surface area (TPSA) is 83.6 Å². The van der Waals surface area contributed by atoms with Crippen molar-refractivity contribution in [3.8, 4) is 0 Å². The lowest BCUT2D eigenvalue weighted by atomic mass is 10.0. The SMILES string of the molecule is O=C(O)CCC1CCN(C(=O)c2cc(C3CC3)on2)C1. The van der Waals surface area contributed by atoms with E-state index in [2.05, 4.69) is 5.16 Å². The van der Waals surface area contributed by atoms with Gasteiger partial charge in [-0.05, 0) is 31.6 Å². The average Bonchev–Trinajstić information content (AvgIpc) is 2.99. The van der Waals surface area contributed by atoms with Crippen LogP contribution in [0.3, 0.4) is 0 Å². The molecule has 2 heterocycles. The van der Waals surface area contributed by atoms with Gasteiger partial charge in [0.15, 0.2) is 5.69 Å². The van der Waals surface area contributed by atoms with Crippen LogP contribution in [-0.2, 0) is 4.79 Å². The summed E-state index contributed by atoms with van der Waals surface area (Å²) in [7, 11) is 0. The van der Waals surface area contributed by atoms with Crippen LogP contribution >= 0.6 is 0 Å². The highest BCUT2D eigenvalue weighted by atomic mass is 16.5. The lowest BCUT2D eigenvalue weighted by Crippen LogP contribution is -2.29. The maximum atomic E-state index is 12.3. The molecule has 1 aliphatic carbocycles. The van der Waals surface area contributed by atoms with Gasteiger partial charge in [-0.25, -0.2) is 0 Å². The Balaban J connectivity index is 1.56. The minimum atomic E-state index is -0.777. The fourth-order valence-corrected chi connectivity index (χ4v) is 2.69. The van der Waals surface area contributed by atoms with Gasteiger partial charge >= 0.3 is 5.97 Å². The zero-order chi connectivity index (χ0) is 14.1. The second-order valence-electron chi connectivity index (χ2n) is 5.73. The third-order valence-electron chi connectivity index (χ3n) is 4.07. The van der Waals surface area contributed by atoms with Crippen molar-refractivity contribution in [2.45, 2.75) is 38.0 Å². The van der Waals surface area contributed by atoms with Gasteiger partial charge in [0.05, 0.1) is 0 Å². The summed E-state index contributed by atoms with van der Waals surface area (Å²) in [5, 5.41) is 12.5. The van der Waals surface area contributed by atoms with E-state index in [0.29, 0.717) is 31.1 Å². The monoisotopic (exact) mass is 278 g/mol. The predicted molar refractivity (Wildman–Crippen MR) is 69.4 cm³/mol. The van der Waals surface area contributed by atoms with Crippen LogP contribution in [0.1, 0.15) is 54.3 Å². The Morgan fingerprint density at radius 2 is 2.20 bits per heavy atom. The lowest BCUT2D eigenvalue weighted by molar-refractivity contribution is -0.137. The van der Waals surface area contributed by atoms with Crippen molar-refractivity contribution in [3.63, 3.8) is 0 Å². The maximum Gasteiger partial charge on any atom is 0.303 e. The van der Waals surface area contributed by atoms with Gasteiger partial charge in [0.1, 0.15) is 5.76 Å². The van der Waals surface area contributed by atoms with Gasteiger partial charge in [0.25, 0.3) is 5.91 Å². The van der Waals surface area contributed by atoms with Crippen molar-refractivity contribution in [2.75, 3.05) is 13.1 Å². The second-order valence-corrected chi connectivity index (χ2v) is 5.73. The molecule has 1 aromatic heterocycles. The summed E-state index contributed by atoms with van der Waals surface area (Å²) in [6.07, 6.45) is 3.90. The maximum absolute atomic E-state index is 12.3. The molecule has 1 unspecified atom stereocenters. The Bertz CT molecular complexity index is 521. The summed E-state index contributed by atoms with van der Waals surface area (Å²) in [4.78, 5) is 24.6. The lowest BCUT2D eigenvalue weighted by Gasteiger charge is -2.14. The highest BCUT2D eigenvalue weighted by Crippen LogP contribution is 2.40. The first kappa shape index (κ1) is 13.1. The second kappa shape index (κ2) is 5.26. The van der Waals surface area contributed by atoms with Crippen molar-refractivity contribution >= 4 is 11.9 Å². The van der Waals surface area contributed by atoms with Crippen LogP contribution in [0.2, 0.25) is 0 Å². The van der Waals surface area contributed by atoms with Gasteiger partial charge in [0.2, 0.25) is 0 Å². The van der Waals surface area contributed by atoms with Crippen LogP contribution < -0.4 is 0 Å². The van der Waals surface area contributed by atoms with Gasteiger partial charge in [-0.2, -0.15) is 0 Å². The molecule has 20 heavy (non-hydrogen) atoms. The number of carboxylic acid groups (broad SMARTS) is 1. The van der Waals surface area contributed by atoms with Crippen LogP contribution in [0.5, 0.6) is 0 Å². The molecule has 2 fully saturated rings. The van der Waals surface area contributed by atoms with E-state index >= 15 is 0 Å². The third-order valence-corrected chi connectivity index (χ3v) is 4.07. The summed E-state index contributed by atoms with van der Waals surface area (Å²) in [6.45, 7) is 1.30. The first-order valence-corrected chi connectivity index (χ1v) is 7.11. The average molecular weight is 278 g/mol. The molecule has 3 rings (SSSR count). The number of hydrogen-bond acceptors (Lipinski definition) is 4. The summed E-state index contributed by atoms with van der Waals surface area (Å²) >= 11 is 0. The van der Waals surface area contributed by atoms with Crippen LogP contribution in [0.25, 0.3) is 0 Å². The van der Waals surface area contributed by atoms with Gasteiger partial charge in [-0.15, -0.1) is 0 Å². The number of aliphatic carboxylic acids is 1. The molecule has 6 heteroatoms. The number of carbonyl (C=O) groups excluding carboxylic acids is 1. The van der Waals surface area contributed by atoms with Gasteiger partial charge in [0, 0.05) is 31.5 Å². The van der Waals surface area contributed by atoms with E-state index in [1.807, 2.05) is 0 Å². The van der Waals surface area contributed by atoms with Crippen LogP contribution in [0.4, 0.5) is 0 Å². The van der Waals surface area contributed by atoms with Crippen LogP contribution in [-0.4, -0.2) is 40.1 Å². The number of aromatic nitrogens is 1. The van der Waals surface area contributed by atoms with E-state index in [0.717, 1.165) is 25.0 Å². The number of hydrogen-bond donors (Lipinski definition) is 1. The molecule has 6 nitrogen and oxygen atoms in total. The Hall–Kier alpha value is -1.85.